The first-order valence-electron chi connectivity index (χ1n) is 10.3. The monoisotopic (exact) mass is 552 g/mol. The van der Waals surface area contributed by atoms with E-state index in [2.05, 4.69) is 15.6 Å². The van der Waals surface area contributed by atoms with Gasteiger partial charge in [-0.3, -0.25) is 4.99 Å². The van der Waals surface area contributed by atoms with Crippen LogP contribution in [0.25, 0.3) is 0 Å². The average molecular weight is 552 g/mol. The first kappa shape index (κ1) is 25.3. The minimum Gasteiger partial charge on any atom is -0.379 e. The Kier molecular flexibility index (Phi) is 10.8. The second-order valence-corrected chi connectivity index (χ2v) is 9.26. The van der Waals surface area contributed by atoms with E-state index in [9.17, 15) is 8.42 Å². The molecule has 0 amide bonds. The van der Waals surface area contributed by atoms with Gasteiger partial charge in [0.05, 0.1) is 17.6 Å². The fourth-order valence-corrected chi connectivity index (χ4v) is 4.95. The molecule has 3 rings (SSSR count). The molecule has 2 aliphatic rings. The Balaban J connectivity index is 0.00000320. The van der Waals surface area contributed by atoms with Crippen molar-refractivity contribution in [3.63, 3.8) is 0 Å². The van der Waals surface area contributed by atoms with Crippen molar-refractivity contribution in [3.05, 3.63) is 29.8 Å². The minimum atomic E-state index is -3.36. The molecule has 30 heavy (non-hydrogen) atoms. The summed E-state index contributed by atoms with van der Waals surface area (Å²) >= 11 is 0. The van der Waals surface area contributed by atoms with Crippen molar-refractivity contribution in [3.8, 4) is 0 Å². The lowest BCUT2D eigenvalue weighted by Gasteiger charge is -2.16. The molecular weight excluding hydrogens is 519 g/mol. The lowest BCUT2D eigenvalue weighted by molar-refractivity contribution is 0.0420. The Morgan fingerprint density at radius 3 is 2.60 bits per heavy atom. The zero-order chi connectivity index (χ0) is 20.5. The number of sulfonamides is 1. The summed E-state index contributed by atoms with van der Waals surface area (Å²) in [5.74, 6) is 0.711. The molecule has 8 nitrogen and oxygen atoms in total. The molecule has 0 saturated carbocycles. The van der Waals surface area contributed by atoms with Crippen molar-refractivity contribution >= 4 is 40.0 Å². The van der Waals surface area contributed by atoms with Gasteiger partial charge < -0.3 is 20.1 Å². The summed E-state index contributed by atoms with van der Waals surface area (Å²) in [6, 6.07) is 7.07. The van der Waals surface area contributed by atoms with Gasteiger partial charge in [0.25, 0.3) is 0 Å². The number of hydrogen-bond acceptors (Lipinski definition) is 5. The average Bonchev–Trinajstić information content (AvgIpc) is 3.45. The molecule has 0 aromatic heterocycles. The van der Waals surface area contributed by atoms with E-state index in [0.29, 0.717) is 43.7 Å². The van der Waals surface area contributed by atoms with Gasteiger partial charge in [-0.1, -0.05) is 12.1 Å². The standard InChI is InChI=1S/C20H32N4O4S.HI/c1-21-20(22-10-4-13-28-18-9-14-27-16-18)23-15-17-5-7-19(8-6-17)29(25,26)24-11-2-3-12-24;/h5-8,18H,2-4,9-16H2,1H3,(H2,21,22,23);1H. The van der Waals surface area contributed by atoms with Crippen molar-refractivity contribution in [1.29, 1.82) is 0 Å². The van der Waals surface area contributed by atoms with Crippen molar-refractivity contribution in [2.75, 3.05) is 46.5 Å². The van der Waals surface area contributed by atoms with Gasteiger partial charge in [-0.15, -0.1) is 24.0 Å². The van der Waals surface area contributed by atoms with E-state index >= 15 is 0 Å². The predicted octanol–water partition coefficient (Wildman–Crippen LogP) is 1.95. The van der Waals surface area contributed by atoms with Gasteiger partial charge in [-0.2, -0.15) is 4.31 Å². The molecule has 1 aromatic rings. The number of hydrogen-bond donors (Lipinski definition) is 2. The first-order valence-corrected chi connectivity index (χ1v) is 11.8. The highest BCUT2D eigenvalue weighted by Gasteiger charge is 2.26. The Morgan fingerprint density at radius 1 is 1.23 bits per heavy atom. The van der Waals surface area contributed by atoms with Crippen LogP contribution in [0, 0.1) is 0 Å². The van der Waals surface area contributed by atoms with Gasteiger partial charge in [0, 0.05) is 46.4 Å². The van der Waals surface area contributed by atoms with Crippen LogP contribution < -0.4 is 10.6 Å². The SMILES string of the molecule is CN=C(NCCCOC1CCOC1)NCc1ccc(S(=O)(=O)N2CCCC2)cc1.I. The van der Waals surface area contributed by atoms with Gasteiger partial charge in [0.2, 0.25) is 10.0 Å². The maximum absolute atomic E-state index is 12.6. The molecule has 2 fully saturated rings. The molecule has 2 heterocycles. The maximum atomic E-state index is 12.6. The highest BCUT2D eigenvalue weighted by Crippen LogP contribution is 2.21. The molecule has 0 aliphatic carbocycles. The van der Waals surface area contributed by atoms with Crippen LogP contribution in [0.3, 0.4) is 0 Å². The third kappa shape index (κ3) is 7.33. The van der Waals surface area contributed by atoms with Gasteiger partial charge in [0.15, 0.2) is 5.96 Å². The molecular formula is C20H33IN4O4S. The van der Waals surface area contributed by atoms with E-state index in [-0.39, 0.29) is 30.1 Å². The fourth-order valence-electron chi connectivity index (χ4n) is 3.44. The summed E-state index contributed by atoms with van der Waals surface area (Å²) in [7, 11) is -1.63. The van der Waals surface area contributed by atoms with Crippen molar-refractivity contribution < 1.29 is 17.9 Å². The largest absolute Gasteiger partial charge is 0.379 e. The van der Waals surface area contributed by atoms with Crippen LogP contribution in [0.2, 0.25) is 0 Å². The van der Waals surface area contributed by atoms with E-state index < -0.39 is 10.0 Å². The first-order chi connectivity index (χ1) is 14.1. The highest BCUT2D eigenvalue weighted by molar-refractivity contribution is 14.0. The lowest BCUT2D eigenvalue weighted by atomic mass is 10.2. The van der Waals surface area contributed by atoms with Crippen LogP contribution in [0.1, 0.15) is 31.2 Å². The second kappa shape index (κ2) is 12.8. The summed E-state index contributed by atoms with van der Waals surface area (Å²) in [5, 5.41) is 6.51. The van der Waals surface area contributed by atoms with E-state index in [0.717, 1.165) is 44.4 Å². The molecule has 0 spiro atoms. The van der Waals surface area contributed by atoms with Crippen LogP contribution in [0.5, 0.6) is 0 Å². The Hall–Kier alpha value is -0.950. The van der Waals surface area contributed by atoms with Gasteiger partial charge in [0.1, 0.15) is 0 Å². The van der Waals surface area contributed by atoms with Crippen LogP contribution in [-0.4, -0.2) is 71.3 Å². The summed E-state index contributed by atoms with van der Waals surface area (Å²) < 4.78 is 37.8. The summed E-state index contributed by atoms with van der Waals surface area (Å²) in [4.78, 5) is 4.58. The second-order valence-electron chi connectivity index (χ2n) is 7.32. The number of benzene rings is 1. The molecule has 1 aromatic carbocycles. The number of guanidine groups is 1. The fraction of sp³-hybridized carbons (Fsp3) is 0.650. The van der Waals surface area contributed by atoms with Crippen LogP contribution >= 0.6 is 24.0 Å². The number of aliphatic imine (C=N–C) groups is 1. The van der Waals surface area contributed by atoms with E-state index in [1.54, 1.807) is 23.5 Å². The molecule has 0 radical (unpaired) electrons. The number of halogens is 1. The zero-order valence-electron chi connectivity index (χ0n) is 17.5. The van der Waals surface area contributed by atoms with Gasteiger partial charge in [-0.05, 0) is 43.4 Å². The van der Waals surface area contributed by atoms with Crippen molar-refractivity contribution in [1.82, 2.24) is 14.9 Å². The molecule has 2 saturated heterocycles. The van der Waals surface area contributed by atoms with Crippen molar-refractivity contribution in [2.45, 2.75) is 43.2 Å². The maximum Gasteiger partial charge on any atom is 0.243 e. The molecule has 1 unspecified atom stereocenters. The Labute approximate surface area is 196 Å². The molecule has 2 N–H and O–H groups in total. The van der Waals surface area contributed by atoms with Crippen LogP contribution in [0.4, 0.5) is 0 Å². The smallest absolute Gasteiger partial charge is 0.243 e. The Morgan fingerprint density at radius 2 is 1.97 bits per heavy atom. The van der Waals surface area contributed by atoms with Crippen LogP contribution in [-0.2, 0) is 26.0 Å². The third-order valence-corrected chi connectivity index (χ3v) is 7.08. The topological polar surface area (TPSA) is 92.3 Å². The van der Waals surface area contributed by atoms with E-state index in [1.165, 1.54) is 0 Å². The normalized spacial score (nSPS) is 20.2. The molecule has 0 bridgehead atoms. The molecule has 1 atom stereocenters. The molecule has 2 aliphatic heterocycles. The number of nitrogens with zero attached hydrogens (tertiary/aromatic N) is 2. The van der Waals surface area contributed by atoms with E-state index in [4.69, 9.17) is 9.47 Å². The van der Waals surface area contributed by atoms with Crippen molar-refractivity contribution in [2.24, 2.45) is 4.99 Å². The van der Waals surface area contributed by atoms with Crippen LogP contribution in [0.15, 0.2) is 34.2 Å². The highest BCUT2D eigenvalue weighted by atomic mass is 127. The summed E-state index contributed by atoms with van der Waals surface area (Å²) in [6.45, 7) is 4.77. The predicted molar refractivity (Wildman–Crippen MR) is 128 cm³/mol. The quantitative estimate of drug-likeness (QED) is 0.211. The number of nitrogens with one attached hydrogen (secondary N) is 2. The zero-order valence-corrected chi connectivity index (χ0v) is 20.7. The van der Waals surface area contributed by atoms with E-state index in [1.807, 2.05) is 12.1 Å². The number of rotatable bonds is 9. The number of ether oxygens (including phenoxy) is 2. The Bertz CT molecular complexity index is 762. The molecule has 170 valence electrons. The summed E-state index contributed by atoms with van der Waals surface area (Å²) in [5.41, 5.74) is 0.998. The third-order valence-electron chi connectivity index (χ3n) is 5.16. The summed E-state index contributed by atoms with van der Waals surface area (Å²) in [6.07, 6.45) is 3.99. The van der Waals surface area contributed by atoms with Gasteiger partial charge in [-0.25, -0.2) is 8.42 Å². The minimum absolute atomic E-state index is 0. The van der Waals surface area contributed by atoms with Gasteiger partial charge >= 0.3 is 0 Å². The lowest BCUT2D eigenvalue weighted by Crippen LogP contribution is -2.37. The molecule has 10 heteroatoms.